The van der Waals surface area contributed by atoms with Crippen molar-refractivity contribution in [3.8, 4) is 0 Å². The molecule has 4 nitrogen and oxygen atoms in total. The third kappa shape index (κ3) is 7.85. The summed E-state index contributed by atoms with van der Waals surface area (Å²) in [5.74, 6) is -0.202. The maximum Gasteiger partial charge on any atom is 0.344 e. The normalized spacial score (nSPS) is 16.7. The minimum Gasteiger partial charge on any atom is -0.457 e. The van der Waals surface area contributed by atoms with Crippen molar-refractivity contribution in [1.29, 1.82) is 0 Å². The lowest BCUT2D eigenvalue weighted by Crippen LogP contribution is -2.39. The van der Waals surface area contributed by atoms with E-state index in [1.54, 1.807) is 0 Å². The minimum atomic E-state index is -0.529. The van der Waals surface area contributed by atoms with Crippen LogP contribution in [0, 0.1) is 16.7 Å². The van der Waals surface area contributed by atoms with Crippen molar-refractivity contribution in [2.75, 3.05) is 6.61 Å². The Kier molecular flexibility index (Phi) is 9.80. The van der Waals surface area contributed by atoms with Gasteiger partial charge in [0.15, 0.2) is 6.61 Å². The van der Waals surface area contributed by atoms with Gasteiger partial charge in [0.2, 0.25) is 0 Å². The second kappa shape index (κ2) is 11.7. The van der Waals surface area contributed by atoms with Crippen molar-refractivity contribution in [2.45, 2.75) is 118 Å². The maximum atomic E-state index is 12.6. The molecule has 0 saturated heterocycles. The van der Waals surface area contributed by atoms with Crippen molar-refractivity contribution in [3.05, 3.63) is 35.4 Å². The van der Waals surface area contributed by atoms with Gasteiger partial charge in [-0.25, -0.2) is 9.59 Å². The van der Waals surface area contributed by atoms with Gasteiger partial charge in [-0.1, -0.05) is 85.8 Å². The van der Waals surface area contributed by atoms with E-state index < -0.39 is 17.5 Å². The van der Waals surface area contributed by atoms with Gasteiger partial charge in [-0.3, -0.25) is 0 Å². The van der Waals surface area contributed by atoms with Crippen molar-refractivity contribution >= 4 is 11.9 Å². The van der Waals surface area contributed by atoms with E-state index >= 15 is 0 Å². The van der Waals surface area contributed by atoms with Gasteiger partial charge in [0.1, 0.15) is 5.60 Å². The van der Waals surface area contributed by atoms with Crippen molar-refractivity contribution in [3.63, 3.8) is 0 Å². The van der Waals surface area contributed by atoms with Gasteiger partial charge in [0.05, 0.1) is 5.56 Å². The molecule has 4 heteroatoms. The summed E-state index contributed by atoms with van der Waals surface area (Å²) in [7, 11) is 0. The number of hydrogen-bond donors (Lipinski definition) is 0. The minimum absolute atomic E-state index is 0.156. The Morgan fingerprint density at radius 3 is 2.03 bits per heavy atom. The average Bonchev–Trinajstić information content (AvgIpc) is 2.81. The first kappa shape index (κ1) is 28.4. The number of hydrogen-bond acceptors (Lipinski definition) is 4. The standard InChI is InChI=1S/C30H48O4/c1-9-28(3,4)20-25(29(5,6)10-2)22-16-18-23(19-17-22)27(32)33-21-26(31)34-30(7,8)24-14-12-11-13-15-24/h16-19,24-25H,9-15,20-21H2,1-8H3. The summed E-state index contributed by atoms with van der Waals surface area (Å²) >= 11 is 0. The van der Waals surface area contributed by atoms with Gasteiger partial charge < -0.3 is 9.47 Å². The largest absolute Gasteiger partial charge is 0.457 e. The average molecular weight is 473 g/mol. The molecule has 0 aromatic heterocycles. The summed E-state index contributed by atoms with van der Waals surface area (Å²) in [5.41, 5.74) is 1.59. The Balaban J connectivity index is 2.00. The second-order valence-electron chi connectivity index (χ2n) is 12.2. The third-order valence-electron chi connectivity index (χ3n) is 8.40. The molecule has 0 heterocycles. The first-order valence-electron chi connectivity index (χ1n) is 13.3. The summed E-state index contributed by atoms with van der Waals surface area (Å²) in [5, 5.41) is 0. The predicted molar refractivity (Wildman–Crippen MR) is 139 cm³/mol. The molecule has 1 atom stereocenters. The van der Waals surface area contributed by atoms with Crippen molar-refractivity contribution in [2.24, 2.45) is 16.7 Å². The maximum absolute atomic E-state index is 12.6. The van der Waals surface area contributed by atoms with Crippen LogP contribution in [0.3, 0.4) is 0 Å². The molecular weight excluding hydrogens is 424 g/mol. The van der Waals surface area contributed by atoms with Gasteiger partial charge in [0, 0.05) is 0 Å². The highest BCUT2D eigenvalue weighted by Crippen LogP contribution is 2.46. The van der Waals surface area contributed by atoms with E-state index in [9.17, 15) is 9.59 Å². The molecule has 0 N–H and O–H groups in total. The van der Waals surface area contributed by atoms with Crippen LogP contribution in [0.4, 0.5) is 0 Å². The Morgan fingerprint density at radius 2 is 1.50 bits per heavy atom. The van der Waals surface area contributed by atoms with Crippen LogP contribution in [0.5, 0.6) is 0 Å². The van der Waals surface area contributed by atoms with E-state index in [2.05, 4.69) is 53.7 Å². The van der Waals surface area contributed by atoms with E-state index in [0.717, 1.165) is 32.1 Å². The molecular formula is C30H48O4. The number of rotatable bonds is 11. The smallest absolute Gasteiger partial charge is 0.344 e. The first-order chi connectivity index (χ1) is 15.8. The van der Waals surface area contributed by atoms with Crippen LogP contribution in [0.1, 0.15) is 129 Å². The van der Waals surface area contributed by atoms with Gasteiger partial charge in [-0.15, -0.1) is 0 Å². The van der Waals surface area contributed by atoms with Crippen LogP contribution < -0.4 is 0 Å². The highest BCUT2D eigenvalue weighted by atomic mass is 16.6. The fraction of sp³-hybridized carbons (Fsp3) is 0.733. The summed E-state index contributed by atoms with van der Waals surface area (Å²) < 4.78 is 11.0. The molecule has 2 rings (SSSR count). The van der Waals surface area contributed by atoms with Crippen molar-refractivity contribution in [1.82, 2.24) is 0 Å². The van der Waals surface area contributed by atoms with Gasteiger partial charge in [-0.05, 0) is 73.5 Å². The SMILES string of the molecule is CCC(C)(C)CC(c1ccc(C(=O)OCC(=O)OC(C)(C)C2CCCCC2)cc1)C(C)(C)CC. The van der Waals surface area contributed by atoms with Gasteiger partial charge in [-0.2, -0.15) is 0 Å². The van der Waals surface area contributed by atoms with Crippen molar-refractivity contribution < 1.29 is 19.1 Å². The molecule has 0 spiro atoms. The topological polar surface area (TPSA) is 52.6 Å². The van der Waals surface area contributed by atoms with Crippen LogP contribution in [0.25, 0.3) is 0 Å². The van der Waals surface area contributed by atoms with Crippen LogP contribution >= 0.6 is 0 Å². The number of carbonyl (C=O) groups is 2. The lowest BCUT2D eigenvalue weighted by atomic mass is 9.66. The van der Waals surface area contributed by atoms with Gasteiger partial charge in [0.25, 0.3) is 0 Å². The van der Waals surface area contributed by atoms with Crippen LogP contribution in [0.2, 0.25) is 0 Å². The lowest BCUT2D eigenvalue weighted by Gasteiger charge is -2.39. The molecule has 1 saturated carbocycles. The Morgan fingerprint density at radius 1 is 0.912 bits per heavy atom. The summed E-state index contributed by atoms with van der Waals surface area (Å²) in [4.78, 5) is 25.0. The first-order valence-corrected chi connectivity index (χ1v) is 13.3. The zero-order valence-corrected chi connectivity index (χ0v) is 23.0. The Hall–Kier alpha value is -1.84. The molecule has 1 fully saturated rings. The van der Waals surface area contributed by atoms with Crippen LogP contribution in [-0.4, -0.2) is 24.1 Å². The predicted octanol–water partition coefficient (Wildman–Crippen LogP) is 8.09. The van der Waals surface area contributed by atoms with E-state index in [1.165, 1.54) is 24.8 Å². The number of ether oxygens (including phenoxy) is 2. The fourth-order valence-electron chi connectivity index (χ4n) is 5.05. The molecule has 0 bridgehead atoms. The zero-order valence-electron chi connectivity index (χ0n) is 23.0. The molecule has 1 aliphatic carbocycles. The molecule has 34 heavy (non-hydrogen) atoms. The lowest BCUT2D eigenvalue weighted by molar-refractivity contribution is -0.166. The molecule has 0 radical (unpaired) electrons. The van der Waals surface area contributed by atoms with Gasteiger partial charge >= 0.3 is 11.9 Å². The molecule has 1 aromatic rings. The zero-order chi connectivity index (χ0) is 25.6. The quantitative estimate of drug-likeness (QED) is 0.305. The molecule has 0 aliphatic heterocycles. The van der Waals surface area contributed by atoms with E-state index in [-0.39, 0.29) is 17.4 Å². The Bertz CT molecular complexity index is 798. The second-order valence-corrected chi connectivity index (χ2v) is 12.2. The number of benzene rings is 1. The Labute approximate surface area is 208 Å². The number of carbonyl (C=O) groups excluding carboxylic acids is 2. The van der Waals surface area contributed by atoms with E-state index in [4.69, 9.17) is 9.47 Å². The fourth-order valence-corrected chi connectivity index (χ4v) is 5.05. The van der Waals surface area contributed by atoms with E-state index in [1.807, 2.05) is 26.0 Å². The summed E-state index contributed by atoms with van der Waals surface area (Å²) in [6.45, 7) is 17.4. The molecule has 0 amide bonds. The molecule has 1 aliphatic rings. The number of esters is 2. The highest BCUT2D eigenvalue weighted by Gasteiger charge is 2.35. The summed E-state index contributed by atoms with van der Waals surface area (Å²) in [6, 6.07) is 7.75. The monoisotopic (exact) mass is 472 g/mol. The van der Waals surface area contributed by atoms with Crippen LogP contribution in [-0.2, 0) is 14.3 Å². The molecule has 1 unspecified atom stereocenters. The molecule has 1 aromatic carbocycles. The third-order valence-corrected chi connectivity index (χ3v) is 8.40. The van der Waals surface area contributed by atoms with Crippen LogP contribution in [0.15, 0.2) is 24.3 Å². The summed E-state index contributed by atoms with van der Waals surface area (Å²) in [6.07, 6.45) is 9.09. The molecule has 192 valence electrons. The highest BCUT2D eigenvalue weighted by molar-refractivity contribution is 5.90. The van der Waals surface area contributed by atoms with E-state index in [0.29, 0.717) is 17.4 Å².